The fourth-order valence-electron chi connectivity index (χ4n) is 3.22. The number of benzene rings is 1. The Labute approximate surface area is 207 Å². The molecule has 0 aliphatic rings. The molecule has 0 heterocycles. The van der Waals surface area contributed by atoms with Crippen LogP contribution >= 0.6 is 0 Å². The van der Waals surface area contributed by atoms with E-state index in [9.17, 15) is 24.3 Å². The standard InChI is InChI=1S/C26H39NO8/c1-13(2)16(6)25(31)34-21-10-9-19(12-22(21)35-26(32)17(7)14(3)4)20(23(27)24(29)30)11-15(5)33-18(8)28/h9-10,12-17,20,23H,11,27H2,1-8H3,(H,29,30)/t15?,16?,17?,20?,23-/m0/s1. The molecule has 0 spiro atoms. The number of carboxylic acids is 1. The fourth-order valence-corrected chi connectivity index (χ4v) is 3.22. The Bertz CT molecular complexity index is 911. The summed E-state index contributed by atoms with van der Waals surface area (Å²) in [5.41, 5.74) is 6.41. The van der Waals surface area contributed by atoms with Crippen molar-refractivity contribution in [2.75, 3.05) is 0 Å². The minimum absolute atomic E-state index is 0.00738. The lowest BCUT2D eigenvalue weighted by atomic mass is 9.87. The zero-order valence-electron chi connectivity index (χ0n) is 21.9. The van der Waals surface area contributed by atoms with Gasteiger partial charge in [-0.2, -0.15) is 0 Å². The van der Waals surface area contributed by atoms with E-state index >= 15 is 0 Å². The summed E-state index contributed by atoms with van der Waals surface area (Å²) < 4.78 is 16.3. The minimum atomic E-state index is -1.32. The maximum Gasteiger partial charge on any atom is 0.321 e. The number of rotatable bonds is 12. The van der Waals surface area contributed by atoms with Crippen LogP contribution in [0.3, 0.4) is 0 Å². The maximum atomic E-state index is 12.7. The van der Waals surface area contributed by atoms with Crippen LogP contribution in [0, 0.1) is 23.7 Å². The molecule has 0 saturated heterocycles. The van der Waals surface area contributed by atoms with Gasteiger partial charge in [0.25, 0.3) is 0 Å². The van der Waals surface area contributed by atoms with Crippen molar-refractivity contribution in [2.24, 2.45) is 29.4 Å². The number of carbonyl (C=O) groups excluding carboxylic acids is 3. The second-order valence-corrected chi connectivity index (χ2v) is 9.74. The number of aliphatic carboxylic acids is 1. The Morgan fingerprint density at radius 3 is 1.77 bits per heavy atom. The van der Waals surface area contributed by atoms with Gasteiger partial charge in [0.05, 0.1) is 17.9 Å². The van der Waals surface area contributed by atoms with Crippen LogP contribution in [0.4, 0.5) is 0 Å². The zero-order chi connectivity index (χ0) is 27.0. The molecule has 0 fully saturated rings. The largest absolute Gasteiger partial charge is 0.480 e. The van der Waals surface area contributed by atoms with Gasteiger partial charge in [-0.1, -0.05) is 47.6 Å². The third kappa shape index (κ3) is 8.98. The monoisotopic (exact) mass is 493 g/mol. The fraction of sp³-hybridized carbons (Fsp3) is 0.615. The van der Waals surface area contributed by atoms with Gasteiger partial charge in [0.2, 0.25) is 0 Å². The molecule has 196 valence electrons. The minimum Gasteiger partial charge on any atom is -0.480 e. The van der Waals surface area contributed by atoms with Crippen LogP contribution in [0.5, 0.6) is 11.5 Å². The molecule has 9 nitrogen and oxygen atoms in total. The molecule has 0 aliphatic carbocycles. The molecular weight excluding hydrogens is 454 g/mol. The van der Waals surface area contributed by atoms with Gasteiger partial charge in [0, 0.05) is 12.8 Å². The third-order valence-corrected chi connectivity index (χ3v) is 6.23. The highest BCUT2D eigenvalue weighted by Crippen LogP contribution is 2.36. The number of carboxylic acid groups (broad SMARTS) is 1. The summed E-state index contributed by atoms with van der Waals surface area (Å²) in [5.74, 6) is -4.26. The van der Waals surface area contributed by atoms with Crippen molar-refractivity contribution in [1.29, 1.82) is 0 Å². The predicted octanol–water partition coefficient (Wildman–Crippen LogP) is 3.92. The third-order valence-electron chi connectivity index (χ3n) is 6.23. The van der Waals surface area contributed by atoms with Crippen molar-refractivity contribution in [3.05, 3.63) is 23.8 Å². The average Bonchev–Trinajstić information content (AvgIpc) is 2.76. The van der Waals surface area contributed by atoms with Crippen molar-refractivity contribution < 1.29 is 38.5 Å². The molecule has 0 bridgehead atoms. The van der Waals surface area contributed by atoms with Gasteiger partial charge in [-0.3, -0.25) is 19.2 Å². The molecule has 1 rings (SSSR count). The molecule has 0 aliphatic heterocycles. The second-order valence-electron chi connectivity index (χ2n) is 9.74. The van der Waals surface area contributed by atoms with E-state index in [0.29, 0.717) is 5.56 Å². The normalized spacial score (nSPS) is 15.6. The molecule has 0 saturated carbocycles. The Hall–Kier alpha value is -2.94. The summed E-state index contributed by atoms with van der Waals surface area (Å²) in [6, 6.07) is 3.17. The van der Waals surface area contributed by atoms with Gasteiger partial charge < -0.3 is 25.1 Å². The molecule has 1 aromatic rings. The molecule has 9 heteroatoms. The molecule has 0 amide bonds. The molecule has 3 N–H and O–H groups in total. The Morgan fingerprint density at radius 2 is 1.34 bits per heavy atom. The summed E-state index contributed by atoms with van der Waals surface area (Å²) in [5, 5.41) is 9.56. The summed E-state index contributed by atoms with van der Waals surface area (Å²) >= 11 is 0. The highest BCUT2D eigenvalue weighted by molar-refractivity contribution is 5.79. The van der Waals surface area contributed by atoms with Gasteiger partial charge >= 0.3 is 23.9 Å². The number of nitrogens with two attached hydrogens (primary N) is 1. The van der Waals surface area contributed by atoms with Crippen LogP contribution in [0.15, 0.2) is 18.2 Å². The lowest BCUT2D eigenvalue weighted by molar-refractivity contribution is -0.146. The zero-order valence-corrected chi connectivity index (χ0v) is 21.9. The number of hydrogen-bond donors (Lipinski definition) is 2. The highest BCUT2D eigenvalue weighted by Gasteiger charge is 2.31. The van der Waals surface area contributed by atoms with Crippen molar-refractivity contribution in [2.45, 2.75) is 79.9 Å². The van der Waals surface area contributed by atoms with Gasteiger partial charge in [-0.05, 0) is 42.9 Å². The first-order valence-corrected chi connectivity index (χ1v) is 11.9. The lowest BCUT2D eigenvalue weighted by Crippen LogP contribution is -2.38. The SMILES string of the molecule is CC(=O)OC(C)CC(c1ccc(OC(=O)C(C)C(C)C)c(OC(=O)C(C)C(C)C)c1)[C@H](N)C(=O)O. The Kier molecular flexibility index (Phi) is 11.4. The van der Waals surface area contributed by atoms with E-state index in [1.165, 1.54) is 19.1 Å². The van der Waals surface area contributed by atoms with E-state index in [1.54, 1.807) is 26.8 Å². The lowest BCUT2D eigenvalue weighted by Gasteiger charge is -2.25. The van der Waals surface area contributed by atoms with E-state index in [2.05, 4.69) is 0 Å². The number of ether oxygens (including phenoxy) is 3. The van der Waals surface area contributed by atoms with E-state index in [1.807, 2.05) is 27.7 Å². The van der Waals surface area contributed by atoms with Crippen LogP contribution in [0.1, 0.15) is 73.3 Å². The molecule has 0 radical (unpaired) electrons. The highest BCUT2D eigenvalue weighted by atomic mass is 16.6. The molecule has 5 atom stereocenters. The van der Waals surface area contributed by atoms with Crippen LogP contribution in [0.2, 0.25) is 0 Å². The van der Waals surface area contributed by atoms with Gasteiger partial charge in [-0.15, -0.1) is 0 Å². The van der Waals surface area contributed by atoms with Crippen molar-refractivity contribution in [3.63, 3.8) is 0 Å². The molecule has 0 aromatic heterocycles. The average molecular weight is 494 g/mol. The van der Waals surface area contributed by atoms with E-state index in [-0.39, 0.29) is 29.8 Å². The van der Waals surface area contributed by atoms with Crippen LogP contribution in [0.25, 0.3) is 0 Å². The first kappa shape index (κ1) is 30.1. The second kappa shape index (κ2) is 13.2. The summed E-state index contributed by atoms with van der Waals surface area (Å²) in [4.78, 5) is 48.4. The first-order chi connectivity index (χ1) is 16.1. The number of esters is 3. The maximum absolute atomic E-state index is 12.7. The molecule has 4 unspecified atom stereocenters. The Balaban J connectivity index is 3.47. The van der Waals surface area contributed by atoms with E-state index < -0.39 is 53.8 Å². The molecular formula is C26H39NO8. The van der Waals surface area contributed by atoms with Crippen LogP contribution in [-0.2, 0) is 23.9 Å². The van der Waals surface area contributed by atoms with Gasteiger partial charge in [0.1, 0.15) is 6.04 Å². The molecule has 1 aromatic carbocycles. The summed E-state index contributed by atoms with van der Waals surface area (Å²) in [6.07, 6.45) is -0.494. The number of carbonyl (C=O) groups is 4. The van der Waals surface area contributed by atoms with Crippen molar-refractivity contribution >= 4 is 23.9 Å². The Morgan fingerprint density at radius 1 is 0.857 bits per heavy atom. The summed E-state index contributed by atoms with van der Waals surface area (Å²) in [6.45, 7) is 13.9. The quantitative estimate of drug-likeness (QED) is 0.327. The van der Waals surface area contributed by atoms with Crippen LogP contribution in [-0.4, -0.2) is 41.1 Å². The van der Waals surface area contributed by atoms with Gasteiger partial charge in [-0.25, -0.2) is 0 Å². The van der Waals surface area contributed by atoms with E-state index in [4.69, 9.17) is 19.9 Å². The van der Waals surface area contributed by atoms with Gasteiger partial charge in [0.15, 0.2) is 11.5 Å². The van der Waals surface area contributed by atoms with Crippen LogP contribution < -0.4 is 15.2 Å². The number of hydrogen-bond acceptors (Lipinski definition) is 8. The topological polar surface area (TPSA) is 142 Å². The predicted molar refractivity (Wildman–Crippen MR) is 130 cm³/mol. The molecule has 35 heavy (non-hydrogen) atoms. The smallest absolute Gasteiger partial charge is 0.321 e. The van der Waals surface area contributed by atoms with Crippen molar-refractivity contribution in [3.8, 4) is 11.5 Å². The van der Waals surface area contributed by atoms with E-state index in [0.717, 1.165) is 0 Å². The summed E-state index contributed by atoms with van der Waals surface area (Å²) in [7, 11) is 0. The van der Waals surface area contributed by atoms with Crippen molar-refractivity contribution in [1.82, 2.24) is 0 Å². The first-order valence-electron chi connectivity index (χ1n) is 11.9.